The molecule has 0 aliphatic rings. The lowest BCUT2D eigenvalue weighted by atomic mass is 10.1. The lowest BCUT2D eigenvalue weighted by Gasteiger charge is -2.08. The van der Waals surface area contributed by atoms with Gasteiger partial charge in [0.05, 0.1) is 11.0 Å². The smallest absolute Gasteiger partial charge is 0.224 e. The number of aromatic nitrogens is 3. The topological polar surface area (TPSA) is 59.8 Å². The number of rotatable bonds is 5. The first-order chi connectivity index (χ1) is 12.8. The number of imidazole rings is 1. The van der Waals surface area contributed by atoms with Gasteiger partial charge in [-0.15, -0.1) is 0 Å². The second kappa shape index (κ2) is 7.19. The number of carbonyl (C=O) groups is 1. The first kappa shape index (κ1) is 16.0. The molecule has 2 heterocycles. The SMILES string of the molecule is O=C(CCc1cccnc1)Nc1ccc(-n2cnc3ccccc32)cc1. The van der Waals surface area contributed by atoms with Gasteiger partial charge in [0.25, 0.3) is 0 Å². The van der Waals surface area contributed by atoms with Gasteiger partial charge in [0, 0.05) is 30.2 Å². The second-order valence-corrected chi connectivity index (χ2v) is 6.06. The summed E-state index contributed by atoms with van der Waals surface area (Å²) in [4.78, 5) is 20.6. The van der Waals surface area contributed by atoms with Crippen LogP contribution in [0, 0.1) is 0 Å². The zero-order chi connectivity index (χ0) is 17.8. The molecule has 0 fully saturated rings. The molecule has 0 unspecified atom stereocenters. The third-order valence-corrected chi connectivity index (χ3v) is 4.25. The van der Waals surface area contributed by atoms with E-state index < -0.39 is 0 Å². The van der Waals surface area contributed by atoms with Crippen molar-refractivity contribution in [3.8, 4) is 5.69 Å². The molecule has 0 spiro atoms. The summed E-state index contributed by atoms with van der Waals surface area (Å²) >= 11 is 0. The van der Waals surface area contributed by atoms with Gasteiger partial charge in [-0.25, -0.2) is 4.98 Å². The number of benzene rings is 2. The van der Waals surface area contributed by atoms with Gasteiger partial charge in [-0.1, -0.05) is 18.2 Å². The Morgan fingerprint density at radius 1 is 1.00 bits per heavy atom. The first-order valence-electron chi connectivity index (χ1n) is 8.51. The number of carbonyl (C=O) groups excluding carboxylic acids is 1. The zero-order valence-corrected chi connectivity index (χ0v) is 14.2. The van der Waals surface area contributed by atoms with E-state index in [1.807, 2.05) is 71.6 Å². The van der Waals surface area contributed by atoms with Gasteiger partial charge in [-0.05, 0) is 54.4 Å². The third kappa shape index (κ3) is 3.47. The van der Waals surface area contributed by atoms with Crippen LogP contribution in [-0.2, 0) is 11.2 Å². The molecular weight excluding hydrogens is 324 g/mol. The summed E-state index contributed by atoms with van der Waals surface area (Å²) in [5, 5.41) is 2.94. The van der Waals surface area contributed by atoms with Gasteiger partial charge in [-0.3, -0.25) is 14.3 Å². The van der Waals surface area contributed by atoms with Gasteiger partial charge < -0.3 is 5.32 Å². The minimum absolute atomic E-state index is 0.00492. The van der Waals surface area contributed by atoms with Gasteiger partial charge in [-0.2, -0.15) is 0 Å². The molecule has 2 aromatic carbocycles. The Labute approximate surface area is 151 Å². The predicted molar refractivity (Wildman–Crippen MR) is 102 cm³/mol. The molecule has 5 heteroatoms. The lowest BCUT2D eigenvalue weighted by Crippen LogP contribution is -2.12. The number of nitrogens with one attached hydrogen (secondary N) is 1. The maximum absolute atomic E-state index is 12.1. The maximum atomic E-state index is 12.1. The Hall–Kier alpha value is -3.47. The molecule has 0 aliphatic heterocycles. The van der Waals surface area contributed by atoms with Gasteiger partial charge >= 0.3 is 0 Å². The van der Waals surface area contributed by atoms with E-state index >= 15 is 0 Å². The first-order valence-corrected chi connectivity index (χ1v) is 8.51. The van der Waals surface area contributed by atoms with E-state index in [0.717, 1.165) is 28.0 Å². The third-order valence-electron chi connectivity index (χ3n) is 4.25. The van der Waals surface area contributed by atoms with Crippen LogP contribution in [0.2, 0.25) is 0 Å². The number of fused-ring (bicyclic) bond motifs is 1. The quantitative estimate of drug-likeness (QED) is 0.596. The fraction of sp³-hybridized carbons (Fsp3) is 0.0952. The Morgan fingerprint density at radius 2 is 1.85 bits per heavy atom. The van der Waals surface area contributed by atoms with Crippen molar-refractivity contribution >= 4 is 22.6 Å². The van der Waals surface area contributed by atoms with Crippen molar-refractivity contribution in [2.24, 2.45) is 0 Å². The summed E-state index contributed by atoms with van der Waals surface area (Å²) in [6.07, 6.45) is 6.44. The van der Waals surface area contributed by atoms with E-state index in [0.29, 0.717) is 12.8 Å². The van der Waals surface area contributed by atoms with Crippen LogP contribution in [0.25, 0.3) is 16.7 Å². The highest BCUT2D eigenvalue weighted by Crippen LogP contribution is 2.19. The number of hydrogen-bond donors (Lipinski definition) is 1. The molecule has 128 valence electrons. The van der Waals surface area contributed by atoms with Gasteiger partial charge in [0.15, 0.2) is 0 Å². The average Bonchev–Trinajstić information content (AvgIpc) is 3.12. The molecule has 0 saturated heterocycles. The Bertz CT molecular complexity index is 1020. The van der Waals surface area contributed by atoms with Crippen molar-refractivity contribution in [3.63, 3.8) is 0 Å². The van der Waals surface area contributed by atoms with Crippen molar-refractivity contribution in [2.75, 3.05) is 5.32 Å². The highest BCUT2D eigenvalue weighted by atomic mass is 16.1. The standard InChI is InChI=1S/C21H18N4O/c26-21(12-7-16-4-3-13-22-14-16)24-17-8-10-18(11-9-17)25-15-23-19-5-1-2-6-20(19)25/h1-6,8-11,13-15H,7,12H2,(H,24,26). The molecule has 2 aromatic heterocycles. The molecule has 0 atom stereocenters. The number of para-hydroxylation sites is 2. The van der Waals surface area contributed by atoms with E-state index in [4.69, 9.17) is 0 Å². The fourth-order valence-corrected chi connectivity index (χ4v) is 2.90. The number of pyridine rings is 1. The summed E-state index contributed by atoms with van der Waals surface area (Å²) in [6, 6.07) is 19.6. The van der Waals surface area contributed by atoms with E-state index in [1.54, 1.807) is 12.4 Å². The minimum Gasteiger partial charge on any atom is -0.326 e. The Kier molecular flexibility index (Phi) is 4.43. The van der Waals surface area contributed by atoms with Gasteiger partial charge in [0.2, 0.25) is 5.91 Å². The van der Waals surface area contributed by atoms with Crippen LogP contribution in [0.1, 0.15) is 12.0 Å². The molecule has 4 rings (SSSR count). The molecule has 26 heavy (non-hydrogen) atoms. The van der Waals surface area contributed by atoms with Crippen LogP contribution in [0.15, 0.2) is 79.4 Å². The molecule has 0 aliphatic carbocycles. The predicted octanol–water partition coefficient (Wildman–Crippen LogP) is 3.99. The minimum atomic E-state index is -0.00492. The number of nitrogens with zero attached hydrogens (tertiary/aromatic N) is 3. The summed E-state index contributed by atoms with van der Waals surface area (Å²) in [5.74, 6) is -0.00492. The average molecular weight is 342 g/mol. The van der Waals surface area contributed by atoms with E-state index in [1.165, 1.54) is 0 Å². The van der Waals surface area contributed by atoms with Crippen molar-refractivity contribution < 1.29 is 4.79 Å². The molecular formula is C21H18N4O. The lowest BCUT2D eigenvalue weighted by molar-refractivity contribution is -0.116. The normalized spacial score (nSPS) is 10.8. The summed E-state index contributed by atoms with van der Waals surface area (Å²) in [7, 11) is 0. The highest BCUT2D eigenvalue weighted by molar-refractivity contribution is 5.91. The Morgan fingerprint density at radius 3 is 2.65 bits per heavy atom. The van der Waals surface area contributed by atoms with Crippen LogP contribution in [-0.4, -0.2) is 20.4 Å². The second-order valence-electron chi connectivity index (χ2n) is 6.06. The van der Waals surface area contributed by atoms with Crippen LogP contribution in [0.5, 0.6) is 0 Å². The van der Waals surface area contributed by atoms with E-state index in [-0.39, 0.29) is 5.91 Å². The number of aryl methyl sites for hydroxylation is 1. The molecule has 1 N–H and O–H groups in total. The molecule has 0 bridgehead atoms. The van der Waals surface area contributed by atoms with Crippen LogP contribution in [0.3, 0.4) is 0 Å². The Balaban J connectivity index is 1.42. The van der Waals surface area contributed by atoms with E-state index in [2.05, 4.69) is 15.3 Å². The van der Waals surface area contributed by atoms with Crippen molar-refractivity contribution in [3.05, 3.63) is 84.9 Å². The van der Waals surface area contributed by atoms with Crippen molar-refractivity contribution in [1.82, 2.24) is 14.5 Å². The number of hydrogen-bond acceptors (Lipinski definition) is 3. The maximum Gasteiger partial charge on any atom is 0.224 e. The molecule has 0 saturated carbocycles. The van der Waals surface area contributed by atoms with Crippen molar-refractivity contribution in [2.45, 2.75) is 12.8 Å². The summed E-state index contributed by atoms with van der Waals surface area (Å²) in [6.45, 7) is 0. The summed E-state index contributed by atoms with van der Waals surface area (Å²) in [5.41, 5.74) is 4.87. The fourth-order valence-electron chi connectivity index (χ4n) is 2.90. The largest absolute Gasteiger partial charge is 0.326 e. The summed E-state index contributed by atoms with van der Waals surface area (Å²) < 4.78 is 2.03. The van der Waals surface area contributed by atoms with Gasteiger partial charge in [0.1, 0.15) is 6.33 Å². The number of amides is 1. The molecule has 4 aromatic rings. The van der Waals surface area contributed by atoms with Crippen LogP contribution in [0.4, 0.5) is 5.69 Å². The molecule has 5 nitrogen and oxygen atoms in total. The highest BCUT2D eigenvalue weighted by Gasteiger charge is 2.06. The van der Waals surface area contributed by atoms with Crippen LogP contribution < -0.4 is 5.32 Å². The monoisotopic (exact) mass is 342 g/mol. The van der Waals surface area contributed by atoms with E-state index in [9.17, 15) is 4.79 Å². The number of anilines is 1. The van der Waals surface area contributed by atoms with Crippen molar-refractivity contribution in [1.29, 1.82) is 0 Å². The molecule has 1 amide bonds. The van der Waals surface area contributed by atoms with Crippen LogP contribution >= 0.6 is 0 Å². The molecule has 0 radical (unpaired) electrons. The zero-order valence-electron chi connectivity index (χ0n) is 14.2.